The zero-order valence-corrected chi connectivity index (χ0v) is 9.78. The number of hydrogen-bond donors (Lipinski definition) is 0. The molecule has 0 unspecified atom stereocenters. The molecule has 1 rings (SSSR count). The molecule has 1 aromatic heterocycles. The molecule has 0 saturated heterocycles. The molecule has 76 valence electrons. The van der Waals surface area contributed by atoms with E-state index in [2.05, 4.69) is 25.9 Å². The van der Waals surface area contributed by atoms with E-state index in [-0.39, 0.29) is 5.91 Å². The number of halogens is 1. The highest BCUT2D eigenvalue weighted by Gasteiger charge is 2.13. The number of aromatic nitrogens is 2. The van der Waals surface area contributed by atoms with Crippen molar-refractivity contribution >= 4 is 21.8 Å². The summed E-state index contributed by atoms with van der Waals surface area (Å²) in [7, 11) is 0. The van der Waals surface area contributed by atoms with Crippen molar-refractivity contribution in [2.45, 2.75) is 13.8 Å². The number of nitrogens with zero attached hydrogens (tertiary/aromatic N) is 3. The van der Waals surface area contributed by atoms with Crippen LogP contribution < -0.4 is 0 Å². The van der Waals surface area contributed by atoms with Gasteiger partial charge in [0.05, 0.1) is 12.4 Å². The van der Waals surface area contributed by atoms with Gasteiger partial charge in [0.25, 0.3) is 5.91 Å². The van der Waals surface area contributed by atoms with E-state index >= 15 is 0 Å². The Morgan fingerprint density at radius 1 is 1.36 bits per heavy atom. The second-order valence-electron chi connectivity index (χ2n) is 2.70. The molecule has 0 spiro atoms. The maximum atomic E-state index is 11.7. The molecule has 14 heavy (non-hydrogen) atoms. The third-order valence-corrected chi connectivity index (χ3v) is 2.30. The van der Waals surface area contributed by atoms with Crippen molar-refractivity contribution < 1.29 is 4.79 Å². The van der Waals surface area contributed by atoms with Gasteiger partial charge in [-0.05, 0) is 29.8 Å². The number of carbonyl (C=O) groups is 1. The molecule has 0 N–H and O–H groups in total. The molecular formula is C9H12BrN3O. The van der Waals surface area contributed by atoms with Crippen molar-refractivity contribution in [3.8, 4) is 0 Å². The van der Waals surface area contributed by atoms with Crippen LogP contribution in [0.15, 0.2) is 17.0 Å². The van der Waals surface area contributed by atoms with Crippen LogP contribution in [0.1, 0.15) is 24.3 Å². The Labute approximate surface area is 91.5 Å². The predicted octanol–water partition coefficient (Wildman–Crippen LogP) is 1.72. The largest absolute Gasteiger partial charge is 0.338 e. The number of hydrogen-bond acceptors (Lipinski definition) is 3. The zero-order valence-electron chi connectivity index (χ0n) is 8.20. The maximum Gasteiger partial charge on any atom is 0.274 e. The lowest BCUT2D eigenvalue weighted by molar-refractivity contribution is 0.0766. The van der Waals surface area contributed by atoms with Gasteiger partial charge < -0.3 is 4.90 Å². The first-order valence-corrected chi connectivity index (χ1v) is 5.25. The van der Waals surface area contributed by atoms with Crippen molar-refractivity contribution in [2.24, 2.45) is 0 Å². The lowest BCUT2D eigenvalue weighted by atomic mass is 10.3. The highest BCUT2D eigenvalue weighted by atomic mass is 79.9. The van der Waals surface area contributed by atoms with Crippen LogP contribution in [0.4, 0.5) is 0 Å². The van der Waals surface area contributed by atoms with Gasteiger partial charge in [-0.25, -0.2) is 9.97 Å². The minimum absolute atomic E-state index is 0.0741. The minimum atomic E-state index is -0.0741. The normalized spacial score (nSPS) is 9.93. The predicted molar refractivity (Wildman–Crippen MR) is 57.0 cm³/mol. The van der Waals surface area contributed by atoms with E-state index in [1.54, 1.807) is 4.90 Å². The van der Waals surface area contributed by atoms with Gasteiger partial charge in [-0.2, -0.15) is 0 Å². The van der Waals surface area contributed by atoms with Gasteiger partial charge in [0.15, 0.2) is 0 Å². The van der Waals surface area contributed by atoms with E-state index in [1.807, 2.05) is 13.8 Å². The van der Waals surface area contributed by atoms with E-state index in [0.29, 0.717) is 23.4 Å². The van der Waals surface area contributed by atoms with E-state index in [9.17, 15) is 4.79 Å². The molecule has 1 heterocycles. The molecule has 0 radical (unpaired) electrons. The molecule has 0 bridgehead atoms. The van der Waals surface area contributed by atoms with E-state index in [1.165, 1.54) is 12.4 Å². The Balaban J connectivity index is 2.83. The quantitative estimate of drug-likeness (QED) is 0.829. The molecule has 0 aromatic carbocycles. The Hall–Kier alpha value is -0.970. The second kappa shape index (κ2) is 5.05. The molecule has 0 fully saturated rings. The highest BCUT2D eigenvalue weighted by molar-refractivity contribution is 9.10. The molecule has 0 aliphatic carbocycles. The van der Waals surface area contributed by atoms with E-state index < -0.39 is 0 Å². The van der Waals surface area contributed by atoms with Crippen LogP contribution in [0, 0.1) is 0 Å². The summed E-state index contributed by atoms with van der Waals surface area (Å²) in [5.74, 6) is -0.0741. The fourth-order valence-electron chi connectivity index (χ4n) is 1.10. The van der Waals surface area contributed by atoms with Gasteiger partial charge >= 0.3 is 0 Å². The summed E-state index contributed by atoms with van der Waals surface area (Å²) in [5, 5.41) is 0. The van der Waals surface area contributed by atoms with Crippen LogP contribution in [0.5, 0.6) is 0 Å². The van der Waals surface area contributed by atoms with Gasteiger partial charge in [-0.15, -0.1) is 0 Å². The van der Waals surface area contributed by atoms with Crippen LogP contribution in [-0.4, -0.2) is 33.9 Å². The summed E-state index contributed by atoms with van der Waals surface area (Å²) in [6, 6.07) is 0. The molecule has 1 aromatic rings. The first-order chi connectivity index (χ1) is 6.69. The molecule has 0 atom stereocenters. The van der Waals surface area contributed by atoms with Crippen LogP contribution in [0.25, 0.3) is 0 Å². The summed E-state index contributed by atoms with van der Waals surface area (Å²) in [5.41, 5.74) is 0.386. The van der Waals surface area contributed by atoms with Crippen LogP contribution in [-0.2, 0) is 0 Å². The Bertz CT molecular complexity index is 308. The van der Waals surface area contributed by atoms with Crippen molar-refractivity contribution in [3.63, 3.8) is 0 Å². The standard InChI is InChI=1S/C9H12BrN3O/c1-3-13(4-2)9(14)7-5-12-8(10)6-11-7/h5-6H,3-4H2,1-2H3. The third-order valence-electron chi connectivity index (χ3n) is 1.89. The second-order valence-corrected chi connectivity index (χ2v) is 3.51. The summed E-state index contributed by atoms with van der Waals surface area (Å²) in [6.45, 7) is 5.25. The molecule has 1 amide bonds. The number of carbonyl (C=O) groups excluding carboxylic acids is 1. The third kappa shape index (κ3) is 2.51. The zero-order chi connectivity index (χ0) is 10.6. The summed E-state index contributed by atoms with van der Waals surface area (Å²) < 4.78 is 0.633. The monoisotopic (exact) mass is 257 g/mol. The Kier molecular flexibility index (Phi) is 4.00. The van der Waals surface area contributed by atoms with E-state index in [0.717, 1.165) is 0 Å². The maximum absolute atomic E-state index is 11.7. The fourth-order valence-corrected chi connectivity index (χ4v) is 1.30. The minimum Gasteiger partial charge on any atom is -0.338 e. The molecule has 0 saturated carbocycles. The van der Waals surface area contributed by atoms with Gasteiger partial charge in [0.2, 0.25) is 0 Å². The van der Waals surface area contributed by atoms with E-state index in [4.69, 9.17) is 0 Å². The summed E-state index contributed by atoms with van der Waals surface area (Å²) >= 11 is 3.17. The SMILES string of the molecule is CCN(CC)C(=O)c1cnc(Br)cn1. The highest BCUT2D eigenvalue weighted by Crippen LogP contribution is 2.05. The van der Waals surface area contributed by atoms with Crippen molar-refractivity contribution in [1.82, 2.24) is 14.9 Å². The van der Waals surface area contributed by atoms with Gasteiger partial charge in [0, 0.05) is 13.1 Å². The fraction of sp³-hybridized carbons (Fsp3) is 0.444. The first kappa shape index (κ1) is 11.1. The van der Waals surface area contributed by atoms with Crippen LogP contribution in [0.3, 0.4) is 0 Å². The van der Waals surface area contributed by atoms with Gasteiger partial charge in [-0.3, -0.25) is 4.79 Å². The molecule has 5 heteroatoms. The summed E-state index contributed by atoms with van der Waals surface area (Å²) in [4.78, 5) is 21.4. The smallest absolute Gasteiger partial charge is 0.274 e. The first-order valence-electron chi connectivity index (χ1n) is 4.45. The average Bonchev–Trinajstić information content (AvgIpc) is 2.20. The Morgan fingerprint density at radius 3 is 2.43 bits per heavy atom. The molecule has 0 aliphatic heterocycles. The molecule has 0 aliphatic rings. The van der Waals surface area contributed by atoms with Crippen molar-refractivity contribution in [2.75, 3.05) is 13.1 Å². The number of amides is 1. The lowest BCUT2D eigenvalue weighted by Crippen LogP contribution is -2.31. The van der Waals surface area contributed by atoms with Gasteiger partial charge in [-0.1, -0.05) is 0 Å². The Morgan fingerprint density at radius 2 is 2.00 bits per heavy atom. The lowest BCUT2D eigenvalue weighted by Gasteiger charge is -2.17. The van der Waals surface area contributed by atoms with Crippen LogP contribution in [0.2, 0.25) is 0 Å². The van der Waals surface area contributed by atoms with Gasteiger partial charge in [0.1, 0.15) is 10.3 Å². The summed E-state index contributed by atoms with van der Waals surface area (Å²) in [6.07, 6.45) is 3.00. The molecule has 4 nitrogen and oxygen atoms in total. The van der Waals surface area contributed by atoms with Crippen molar-refractivity contribution in [3.05, 3.63) is 22.7 Å². The molecular weight excluding hydrogens is 246 g/mol. The average molecular weight is 258 g/mol. The van der Waals surface area contributed by atoms with Crippen molar-refractivity contribution in [1.29, 1.82) is 0 Å². The number of rotatable bonds is 3. The van der Waals surface area contributed by atoms with Crippen LogP contribution >= 0.6 is 15.9 Å². The topological polar surface area (TPSA) is 46.1 Å².